The molecule has 0 spiro atoms. The predicted molar refractivity (Wildman–Crippen MR) is 72.1 cm³/mol. The number of hydrogen-bond donors (Lipinski definition) is 1. The number of nitrogens with one attached hydrogen (secondary N) is 1. The van der Waals surface area contributed by atoms with Crippen LogP contribution in [0.25, 0.3) is 0 Å². The summed E-state index contributed by atoms with van der Waals surface area (Å²) in [6.45, 7) is 14.3. The summed E-state index contributed by atoms with van der Waals surface area (Å²) in [7, 11) is 0. The highest BCUT2D eigenvalue weighted by atomic mass is 32.1. The molecule has 0 aliphatic carbocycles. The first-order valence-corrected chi connectivity index (χ1v) is 6.99. The van der Waals surface area contributed by atoms with E-state index in [-0.39, 0.29) is 5.54 Å². The SMILES string of the molecule is CCNC(C)(c1nc(CC)c(C)s1)C(C)C. The lowest BCUT2D eigenvalue weighted by atomic mass is 9.89. The molecular formula is C13H24N2S. The van der Waals surface area contributed by atoms with Gasteiger partial charge < -0.3 is 5.32 Å². The normalized spacial score (nSPS) is 15.4. The second kappa shape index (κ2) is 5.28. The summed E-state index contributed by atoms with van der Waals surface area (Å²) in [4.78, 5) is 6.16. The van der Waals surface area contributed by atoms with Crippen molar-refractivity contribution in [3.8, 4) is 0 Å². The molecule has 16 heavy (non-hydrogen) atoms. The summed E-state index contributed by atoms with van der Waals surface area (Å²) in [6.07, 6.45) is 1.03. The predicted octanol–water partition coefficient (Wildman–Crippen LogP) is 3.49. The van der Waals surface area contributed by atoms with E-state index in [1.807, 2.05) is 11.3 Å². The van der Waals surface area contributed by atoms with Crippen LogP contribution in [0.3, 0.4) is 0 Å². The molecule has 0 saturated carbocycles. The monoisotopic (exact) mass is 240 g/mol. The molecule has 1 atom stereocenters. The van der Waals surface area contributed by atoms with Crippen LogP contribution in [0.1, 0.15) is 50.2 Å². The minimum atomic E-state index is 0.0115. The number of hydrogen-bond acceptors (Lipinski definition) is 3. The highest BCUT2D eigenvalue weighted by Gasteiger charge is 2.32. The Hall–Kier alpha value is -0.410. The van der Waals surface area contributed by atoms with Crippen molar-refractivity contribution in [1.82, 2.24) is 10.3 Å². The smallest absolute Gasteiger partial charge is 0.113 e. The maximum atomic E-state index is 4.80. The first-order valence-electron chi connectivity index (χ1n) is 6.17. The fraction of sp³-hybridized carbons (Fsp3) is 0.769. The molecule has 1 heterocycles. The Morgan fingerprint density at radius 1 is 1.38 bits per heavy atom. The van der Waals surface area contributed by atoms with Gasteiger partial charge >= 0.3 is 0 Å². The lowest BCUT2D eigenvalue weighted by molar-refractivity contribution is 0.270. The third-order valence-corrected chi connectivity index (χ3v) is 4.62. The van der Waals surface area contributed by atoms with E-state index in [1.165, 1.54) is 15.6 Å². The van der Waals surface area contributed by atoms with Crippen LogP contribution in [0.4, 0.5) is 0 Å². The second-order valence-corrected chi connectivity index (χ2v) is 5.97. The van der Waals surface area contributed by atoms with Crippen molar-refractivity contribution in [3.63, 3.8) is 0 Å². The lowest BCUT2D eigenvalue weighted by Gasteiger charge is -2.32. The third-order valence-electron chi connectivity index (χ3n) is 3.37. The third kappa shape index (κ3) is 2.46. The molecule has 0 bridgehead atoms. The summed E-state index contributed by atoms with van der Waals surface area (Å²) in [5, 5.41) is 4.82. The van der Waals surface area contributed by atoms with Crippen molar-refractivity contribution in [2.24, 2.45) is 5.92 Å². The van der Waals surface area contributed by atoms with Gasteiger partial charge in [0.15, 0.2) is 0 Å². The molecule has 0 aromatic carbocycles. The minimum Gasteiger partial charge on any atom is -0.306 e. The van der Waals surface area contributed by atoms with Gasteiger partial charge in [0.25, 0.3) is 0 Å². The van der Waals surface area contributed by atoms with Gasteiger partial charge in [0, 0.05) is 4.88 Å². The summed E-state index contributed by atoms with van der Waals surface area (Å²) in [5.74, 6) is 0.544. The quantitative estimate of drug-likeness (QED) is 0.852. The van der Waals surface area contributed by atoms with E-state index >= 15 is 0 Å². The van der Waals surface area contributed by atoms with Crippen molar-refractivity contribution in [1.29, 1.82) is 0 Å². The lowest BCUT2D eigenvalue weighted by Crippen LogP contribution is -2.43. The van der Waals surface area contributed by atoms with E-state index < -0.39 is 0 Å². The van der Waals surface area contributed by atoms with Crippen LogP contribution in [0.15, 0.2) is 0 Å². The standard InChI is InChI=1S/C13H24N2S/c1-7-11-10(5)16-12(15-11)13(6,9(3)4)14-8-2/h9,14H,7-8H2,1-6H3. The number of nitrogens with zero attached hydrogens (tertiary/aromatic N) is 1. The van der Waals surface area contributed by atoms with Gasteiger partial charge in [-0.2, -0.15) is 0 Å². The van der Waals surface area contributed by atoms with Gasteiger partial charge in [-0.25, -0.2) is 4.98 Å². The van der Waals surface area contributed by atoms with Gasteiger partial charge in [-0.1, -0.05) is 27.7 Å². The molecule has 1 N–H and O–H groups in total. The van der Waals surface area contributed by atoms with E-state index in [9.17, 15) is 0 Å². The van der Waals surface area contributed by atoms with Gasteiger partial charge in [-0.3, -0.25) is 0 Å². The molecule has 1 aromatic heterocycles. The van der Waals surface area contributed by atoms with Crippen LogP contribution in [0.5, 0.6) is 0 Å². The zero-order valence-corrected chi connectivity index (χ0v) is 12.2. The van der Waals surface area contributed by atoms with Crippen molar-refractivity contribution in [2.45, 2.75) is 53.5 Å². The first-order chi connectivity index (χ1) is 7.45. The zero-order chi connectivity index (χ0) is 12.3. The second-order valence-electron chi connectivity index (χ2n) is 4.76. The molecule has 3 heteroatoms. The van der Waals surface area contributed by atoms with Crippen LogP contribution < -0.4 is 5.32 Å². The minimum absolute atomic E-state index is 0.0115. The molecule has 2 nitrogen and oxygen atoms in total. The molecule has 1 unspecified atom stereocenters. The van der Waals surface area contributed by atoms with E-state index in [1.54, 1.807) is 0 Å². The van der Waals surface area contributed by atoms with Crippen LogP contribution >= 0.6 is 11.3 Å². The van der Waals surface area contributed by atoms with Gasteiger partial charge in [0.05, 0.1) is 11.2 Å². The van der Waals surface area contributed by atoms with Gasteiger partial charge in [0.1, 0.15) is 5.01 Å². The van der Waals surface area contributed by atoms with Crippen LogP contribution in [0.2, 0.25) is 0 Å². The zero-order valence-electron chi connectivity index (χ0n) is 11.3. The molecule has 1 aromatic rings. The fourth-order valence-corrected chi connectivity index (χ4v) is 3.15. The summed E-state index contributed by atoms with van der Waals surface area (Å²) in [6, 6.07) is 0. The Bertz CT molecular complexity index is 344. The highest BCUT2D eigenvalue weighted by Crippen LogP contribution is 2.33. The van der Waals surface area contributed by atoms with Crippen LogP contribution in [0, 0.1) is 12.8 Å². The maximum absolute atomic E-state index is 4.80. The van der Waals surface area contributed by atoms with E-state index in [4.69, 9.17) is 4.98 Å². The van der Waals surface area contributed by atoms with Crippen LogP contribution in [-0.2, 0) is 12.0 Å². The highest BCUT2D eigenvalue weighted by molar-refractivity contribution is 7.11. The molecule has 1 rings (SSSR count). The molecule has 0 amide bonds. The van der Waals surface area contributed by atoms with Crippen molar-refractivity contribution in [2.75, 3.05) is 6.54 Å². The largest absolute Gasteiger partial charge is 0.306 e. The van der Waals surface area contributed by atoms with Crippen molar-refractivity contribution < 1.29 is 0 Å². The van der Waals surface area contributed by atoms with Crippen LogP contribution in [-0.4, -0.2) is 11.5 Å². The maximum Gasteiger partial charge on any atom is 0.113 e. The molecule has 0 saturated heterocycles. The Morgan fingerprint density at radius 2 is 2.00 bits per heavy atom. The van der Waals surface area contributed by atoms with E-state index in [0.717, 1.165) is 13.0 Å². The number of rotatable bonds is 5. The summed E-state index contributed by atoms with van der Waals surface area (Å²) in [5.41, 5.74) is 1.27. The average molecular weight is 240 g/mol. The van der Waals surface area contributed by atoms with Gasteiger partial charge in [-0.15, -0.1) is 11.3 Å². The van der Waals surface area contributed by atoms with Crippen molar-refractivity contribution >= 4 is 11.3 Å². The average Bonchev–Trinajstić information content (AvgIpc) is 2.60. The molecule has 0 aliphatic heterocycles. The number of thiazole rings is 1. The topological polar surface area (TPSA) is 24.9 Å². The Kier molecular flexibility index (Phi) is 4.51. The number of aromatic nitrogens is 1. The van der Waals surface area contributed by atoms with Gasteiger partial charge in [0.2, 0.25) is 0 Å². The van der Waals surface area contributed by atoms with Crippen molar-refractivity contribution in [3.05, 3.63) is 15.6 Å². The first kappa shape index (κ1) is 13.7. The molecule has 0 fully saturated rings. The Morgan fingerprint density at radius 3 is 2.38 bits per heavy atom. The fourth-order valence-electron chi connectivity index (χ4n) is 1.87. The van der Waals surface area contributed by atoms with E-state index in [2.05, 4.69) is 46.9 Å². The van der Waals surface area contributed by atoms with Gasteiger partial charge in [-0.05, 0) is 32.7 Å². The molecule has 0 aliphatic rings. The molecular weight excluding hydrogens is 216 g/mol. The summed E-state index contributed by atoms with van der Waals surface area (Å²) < 4.78 is 0. The Balaban J connectivity index is 3.11. The molecule has 92 valence electrons. The number of aryl methyl sites for hydroxylation is 2. The molecule has 0 radical (unpaired) electrons. The summed E-state index contributed by atoms with van der Waals surface area (Å²) >= 11 is 1.84. The Labute approximate surface area is 103 Å². The van der Waals surface area contributed by atoms with E-state index in [0.29, 0.717) is 5.92 Å².